The highest BCUT2D eigenvalue weighted by Gasteiger charge is 2.02. The van der Waals surface area contributed by atoms with Crippen LogP contribution >= 0.6 is 15.9 Å². The minimum absolute atomic E-state index is 0.0801. The second-order valence-corrected chi connectivity index (χ2v) is 2.97. The fourth-order valence-electron chi connectivity index (χ4n) is 0.712. The molecule has 0 atom stereocenters. The third kappa shape index (κ3) is 2.30. The van der Waals surface area contributed by atoms with Gasteiger partial charge in [0.1, 0.15) is 6.61 Å². The lowest BCUT2D eigenvalue weighted by Gasteiger charge is -2.02. The second kappa shape index (κ2) is 4.21. The molecule has 12 heavy (non-hydrogen) atoms. The van der Waals surface area contributed by atoms with Crippen LogP contribution in [-0.2, 0) is 4.79 Å². The van der Waals surface area contributed by atoms with Gasteiger partial charge in [-0.15, -0.1) is 0 Å². The van der Waals surface area contributed by atoms with Gasteiger partial charge in [0.05, 0.1) is 0 Å². The summed E-state index contributed by atoms with van der Waals surface area (Å²) in [6.07, 6.45) is 0.570. The second-order valence-electron chi connectivity index (χ2n) is 2.05. The summed E-state index contributed by atoms with van der Waals surface area (Å²) in [5.74, 6) is -0.392. The van der Waals surface area contributed by atoms with Crippen LogP contribution in [0.4, 0.5) is 4.39 Å². The standard InChI is InChI=1S/C8H6BrFO2/c9-6-1-2-7(10)8(5-6)12-4-3-11/h1-3,5H,4H2. The summed E-state index contributed by atoms with van der Waals surface area (Å²) in [5, 5.41) is 0. The first-order chi connectivity index (χ1) is 5.74. The van der Waals surface area contributed by atoms with Crippen molar-refractivity contribution in [3.8, 4) is 5.75 Å². The Bertz CT molecular complexity index is 288. The zero-order valence-corrected chi connectivity index (χ0v) is 7.67. The number of carbonyl (C=O) groups excluding carboxylic acids is 1. The average molecular weight is 233 g/mol. The highest BCUT2D eigenvalue weighted by molar-refractivity contribution is 9.10. The number of hydrogen-bond donors (Lipinski definition) is 0. The summed E-state index contributed by atoms with van der Waals surface area (Å²) in [4.78, 5) is 9.92. The van der Waals surface area contributed by atoms with Gasteiger partial charge in [0, 0.05) is 4.47 Å². The van der Waals surface area contributed by atoms with E-state index in [2.05, 4.69) is 15.9 Å². The Balaban J connectivity index is 2.82. The minimum Gasteiger partial charge on any atom is -0.483 e. The molecule has 2 nitrogen and oxygen atoms in total. The van der Waals surface area contributed by atoms with Gasteiger partial charge in [0.25, 0.3) is 0 Å². The molecule has 0 aliphatic heterocycles. The van der Waals surface area contributed by atoms with Gasteiger partial charge in [-0.2, -0.15) is 0 Å². The van der Waals surface area contributed by atoms with Gasteiger partial charge in [0.2, 0.25) is 0 Å². The summed E-state index contributed by atoms with van der Waals surface area (Å²) in [6, 6.07) is 4.30. The SMILES string of the molecule is O=CCOc1cc(Br)ccc1F. The molecule has 0 amide bonds. The monoisotopic (exact) mass is 232 g/mol. The van der Waals surface area contributed by atoms with Crippen LogP contribution in [0.15, 0.2) is 22.7 Å². The molecule has 0 heterocycles. The predicted octanol–water partition coefficient (Wildman–Crippen LogP) is 2.17. The fourth-order valence-corrected chi connectivity index (χ4v) is 1.05. The zero-order chi connectivity index (χ0) is 8.97. The molecular formula is C8H6BrFO2. The Morgan fingerprint density at radius 1 is 1.58 bits per heavy atom. The van der Waals surface area contributed by atoms with E-state index in [1.807, 2.05) is 0 Å². The van der Waals surface area contributed by atoms with Gasteiger partial charge in [-0.1, -0.05) is 15.9 Å². The van der Waals surface area contributed by atoms with Gasteiger partial charge >= 0.3 is 0 Å². The van der Waals surface area contributed by atoms with E-state index in [-0.39, 0.29) is 12.4 Å². The van der Waals surface area contributed by atoms with Crippen LogP contribution in [0.5, 0.6) is 5.75 Å². The Kier molecular flexibility index (Phi) is 3.22. The van der Waals surface area contributed by atoms with E-state index in [0.717, 1.165) is 0 Å². The molecule has 0 aromatic heterocycles. The number of hydrogen-bond acceptors (Lipinski definition) is 2. The lowest BCUT2D eigenvalue weighted by molar-refractivity contribution is -0.109. The topological polar surface area (TPSA) is 26.3 Å². The molecule has 64 valence electrons. The van der Waals surface area contributed by atoms with Gasteiger partial charge in [-0.25, -0.2) is 4.39 Å². The number of carbonyl (C=O) groups is 1. The maximum atomic E-state index is 12.8. The van der Waals surface area contributed by atoms with Crippen LogP contribution in [0.3, 0.4) is 0 Å². The first kappa shape index (κ1) is 9.19. The minimum atomic E-state index is -0.472. The van der Waals surface area contributed by atoms with E-state index >= 15 is 0 Å². The van der Waals surface area contributed by atoms with E-state index in [4.69, 9.17) is 4.74 Å². The van der Waals surface area contributed by atoms with Crippen molar-refractivity contribution in [3.05, 3.63) is 28.5 Å². The van der Waals surface area contributed by atoms with Crippen molar-refractivity contribution in [1.29, 1.82) is 0 Å². The number of ether oxygens (including phenoxy) is 1. The molecule has 0 radical (unpaired) electrons. The summed E-state index contributed by atoms with van der Waals surface area (Å²) in [5.41, 5.74) is 0. The summed E-state index contributed by atoms with van der Waals surface area (Å²) in [6.45, 7) is -0.132. The molecule has 1 aromatic rings. The van der Waals surface area contributed by atoms with Crippen molar-refractivity contribution in [1.82, 2.24) is 0 Å². The van der Waals surface area contributed by atoms with Gasteiger partial charge in [0.15, 0.2) is 17.9 Å². The normalized spacial score (nSPS) is 9.50. The summed E-state index contributed by atoms with van der Waals surface area (Å²) in [7, 11) is 0. The molecule has 0 spiro atoms. The summed E-state index contributed by atoms with van der Waals surface area (Å²) >= 11 is 3.15. The lowest BCUT2D eigenvalue weighted by Crippen LogP contribution is -1.99. The number of aldehydes is 1. The molecule has 1 rings (SSSR count). The first-order valence-corrected chi connectivity index (χ1v) is 4.05. The Hall–Kier alpha value is -0.900. The molecule has 0 aliphatic rings. The number of benzene rings is 1. The van der Waals surface area contributed by atoms with Crippen molar-refractivity contribution in [2.24, 2.45) is 0 Å². The maximum absolute atomic E-state index is 12.8. The molecule has 4 heteroatoms. The van der Waals surface area contributed by atoms with Crippen LogP contribution in [0.1, 0.15) is 0 Å². The average Bonchev–Trinajstić information content (AvgIpc) is 2.07. The highest BCUT2D eigenvalue weighted by Crippen LogP contribution is 2.21. The predicted molar refractivity (Wildman–Crippen MR) is 45.7 cm³/mol. The van der Waals surface area contributed by atoms with Gasteiger partial charge in [-0.05, 0) is 18.2 Å². The van der Waals surface area contributed by atoms with Crippen molar-refractivity contribution in [2.45, 2.75) is 0 Å². The highest BCUT2D eigenvalue weighted by atomic mass is 79.9. The van der Waals surface area contributed by atoms with E-state index in [1.165, 1.54) is 12.1 Å². The van der Waals surface area contributed by atoms with Crippen LogP contribution in [-0.4, -0.2) is 12.9 Å². The third-order valence-corrected chi connectivity index (χ3v) is 1.69. The van der Waals surface area contributed by atoms with Crippen LogP contribution < -0.4 is 4.74 Å². The molecule has 0 bridgehead atoms. The maximum Gasteiger partial charge on any atom is 0.165 e. The molecule has 0 unspecified atom stereocenters. The number of rotatable bonds is 3. The molecular weight excluding hydrogens is 227 g/mol. The molecule has 0 N–H and O–H groups in total. The van der Waals surface area contributed by atoms with Crippen LogP contribution in [0.2, 0.25) is 0 Å². The Labute approximate surface area is 77.5 Å². The largest absolute Gasteiger partial charge is 0.483 e. The van der Waals surface area contributed by atoms with Crippen LogP contribution in [0, 0.1) is 5.82 Å². The lowest BCUT2D eigenvalue weighted by atomic mass is 10.3. The Morgan fingerprint density at radius 3 is 3.00 bits per heavy atom. The van der Waals surface area contributed by atoms with Gasteiger partial charge < -0.3 is 4.74 Å². The first-order valence-electron chi connectivity index (χ1n) is 3.25. The number of halogens is 2. The third-order valence-electron chi connectivity index (χ3n) is 1.20. The van der Waals surface area contributed by atoms with E-state index in [9.17, 15) is 9.18 Å². The zero-order valence-electron chi connectivity index (χ0n) is 6.09. The molecule has 0 saturated carbocycles. The molecule has 0 saturated heterocycles. The van der Waals surface area contributed by atoms with Crippen LogP contribution in [0.25, 0.3) is 0 Å². The smallest absolute Gasteiger partial charge is 0.165 e. The van der Waals surface area contributed by atoms with Crippen molar-refractivity contribution >= 4 is 22.2 Å². The molecule has 0 fully saturated rings. The Morgan fingerprint density at radius 2 is 2.33 bits per heavy atom. The van der Waals surface area contributed by atoms with Crippen molar-refractivity contribution in [2.75, 3.05) is 6.61 Å². The van der Waals surface area contributed by atoms with Gasteiger partial charge in [-0.3, -0.25) is 4.79 Å². The van der Waals surface area contributed by atoms with Crippen molar-refractivity contribution in [3.63, 3.8) is 0 Å². The van der Waals surface area contributed by atoms with E-state index < -0.39 is 5.82 Å². The van der Waals surface area contributed by atoms with E-state index in [1.54, 1.807) is 6.07 Å². The fraction of sp³-hybridized carbons (Fsp3) is 0.125. The molecule has 0 aliphatic carbocycles. The quantitative estimate of drug-likeness (QED) is 0.747. The molecule has 1 aromatic carbocycles. The van der Waals surface area contributed by atoms with E-state index in [0.29, 0.717) is 10.8 Å². The summed E-state index contributed by atoms with van der Waals surface area (Å²) < 4.78 is 18.3. The van der Waals surface area contributed by atoms with Crippen molar-refractivity contribution < 1.29 is 13.9 Å².